The van der Waals surface area contributed by atoms with Crippen molar-refractivity contribution in [1.82, 2.24) is 0 Å². The summed E-state index contributed by atoms with van der Waals surface area (Å²) in [5.74, 6) is 0.749. The summed E-state index contributed by atoms with van der Waals surface area (Å²) in [6, 6.07) is 5.53. The van der Waals surface area contributed by atoms with Gasteiger partial charge in [-0.05, 0) is 13.0 Å². The van der Waals surface area contributed by atoms with Gasteiger partial charge < -0.3 is 14.2 Å². The molecule has 0 bridgehead atoms. The maximum atomic E-state index is 11.2. The first kappa shape index (κ1) is 14.8. The van der Waals surface area contributed by atoms with E-state index >= 15 is 0 Å². The number of nitrogens with zero attached hydrogens (tertiary/aromatic N) is 1. The van der Waals surface area contributed by atoms with Crippen LogP contribution in [0, 0.1) is 11.3 Å². The van der Waals surface area contributed by atoms with Crippen molar-refractivity contribution in [1.29, 1.82) is 5.26 Å². The fourth-order valence-electron chi connectivity index (χ4n) is 1.91. The summed E-state index contributed by atoms with van der Waals surface area (Å²) in [4.78, 5) is 11.2. The molecule has 0 fully saturated rings. The number of Topliss-reactive ketones (excluding diaryl/α,β-unsaturated/α-hetero) is 1. The molecule has 0 amide bonds. The highest BCUT2D eigenvalue weighted by molar-refractivity contribution is 5.77. The van der Waals surface area contributed by atoms with E-state index < -0.39 is 5.92 Å². The standard InChI is InChI=1S/C14H17NO4/c1-9(16)7-10(8-15)11-5-6-12(17-2)14(19-4)13(11)18-3/h5-6,10H,7H2,1-4H3. The van der Waals surface area contributed by atoms with Gasteiger partial charge in [0.15, 0.2) is 11.5 Å². The molecule has 0 radical (unpaired) electrons. The molecule has 19 heavy (non-hydrogen) atoms. The summed E-state index contributed by atoms with van der Waals surface area (Å²) in [6.07, 6.45) is 0.141. The summed E-state index contributed by atoms with van der Waals surface area (Å²) in [7, 11) is 4.51. The molecule has 0 saturated carbocycles. The van der Waals surface area contributed by atoms with Gasteiger partial charge >= 0.3 is 0 Å². The van der Waals surface area contributed by atoms with E-state index in [1.807, 2.05) is 0 Å². The quantitative estimate of drug-likeness (QED) is 0.787. The van der Waals surface area contributed by atoms with Crippen LogP contribution in [0.1, 0.15) is 24.8 Å². The number of hydrogen-bond donors (Lipinski definition) is 0. The lowest BCUT2D eigenvalue weighted by molar-refractivity contribution is -0.117. The van der Waals surface area contributed by atoms with E-state index in [2.05, 4.69) is 6.07 Å². The molecule has 0 aliphatic rings. The highest BCUT2D eigenvalue weighted by Gasteiger charge is 2.23. The molecule has 1 aromatic rings. The first-order valence-corrected chi connectivity index (χ1v) is 5.76. The van der Waals surface area contributed by atoms with Crippen molar-refractivity contribution < 1.29 is 19.0 Å². The maximum Gasteiger partial charge on any atom is 0.203 e. The Hall–Kier alpha value is -2.22. The van der Waals surface area contributed by atoms with Crippen molar-refractivity contribution in [3.63, 3.8) is 0 Å². The zero-order chi connectivity index (χ0) is 14.4. The molecule has 0 heterocycles. The molecule has 0 aromatic heterocycles. The minimum absolute atomic E-state index is 0.0524. The molecule has 0 saturated heterocycles. The number of methoxy groups -OCH3 is 3. The van der Waals surface area contributed by atoms with Gasteiger partial charge in [0.25, 0.3) is 0 Å². The molecule has 5 heteroatoms. The number of hydrogen-bond acceptors (Lipinski definition) is 5. The Labute approximate surface area is 112 Å². The summed E-state index contributed by atoms with van der Waals surface area (Å²) < 4.78 is 15.7. The van der Waals surface area contributed by atoms with Crippen molar-refractivity contribution >= 4 is 5.78 Å². The third kappa shape index (κ3) is 3.16. The van der Waals surface area contributed by atoms with Gasteiger partial charge in [-0.3, -0.25) is 4.79 Å². The second kappa shape index (κ2) is 6.64. The summed E-state index contributed by atoms with van der Waals surface area (Å²) in [5, 5.41) is 9.21. The van der Waals surface area contributed by atoms with E-state index in [1.54, 1.807) is 12.1 Å². The van der Waals surface area contributed by atoms with Crippen LogP contribution in [0.4, 0.5) is 0 Å². The molecule has 1 atom stereocenters. The van der Waals surface area contributed by atoms with Crippen LogP contribution >= 0.6 is 0 Å². The Morgan fingerprint density at radius 3 is 2.26 bits per heavy atom. The predicted octanol–water partition coefficient (Wildman–Crippen LogP) is 2.30. The Bertz CT molecular complexity index is 505. The van der Waals surface area contributed by atoms with E-state index in [0.29, 0.717) is 22.8 Å². The second-order valence-corrected chi connectivity index (χ2v) is 4.01. The summed E-state index contributed by atoms with van der Waals surface area (Å²) >= 11 is 0. The number of rotatable bonds is 6. The van der Waals surface area contributed by atoms with E-state index in [4.69, 9.17) is 14.2 Å². The predicted molar refractivity (Wildman–Crippen MR) is 69.8 cm³/mol. The van der Waals surface area contributed by atoms with Crippen LogP contribution in [0.5, 0.6) is 17.2 Å². The van der Waals surface area contributed by atoms with Crippen LogP contribution < -0.4 is 14.2 Å². The highest BCUT2D eigenvalue weighted by Crippen LogP contribution is 2.43. The first-order chi connectivity index (χ1) is 9.08. The number of benzene rings is 1. The molecule has 102 valence electrons. The molecule has 0 spiro atoms. The normalized spacial score (nSPS) is 11.3. The Kier molecular flexibility index (Phi) is 5.19. The highest BCUT2D eigenvalue weighted by atomic mass is 16.5. The van der Waals surface area contributed by atoms with Crippen molar-refractivity contribution in [2.45, 2.75) is 19.3 Å². The van der Waals surface area contributed by atoms with Crippen molar-refractivity contribution in [2.24, 2.45) is 0 Å². The molecule has 1 aromatic carbocycles. The largest absolute Gasteiger partial charge is 0.493 e. The Morgan fingerprint density at radius 1 is 1.21 bits per heavy atom. The van der Waals surface area contributed by atoms with Crippen LogP contribution in [0.3, 0.4) is 0 Å². The average Bonchev–Trinajstić information content (AvgIpc) is 2.42. The second-order valence-electron chi connectivity index (χ2n) is 4.01. The topological polar surface area (TPSA) is 68.5 Å². The molecular formula is C14H17NO4. The minimum atomic E-state index is -0.563. The van der Waals surface area contributed by atoms with Gasteiger partial charge in [0.1, 0.15) is 5.78 Å². The first-order valence-electron chi connectivity index (χ1n) is 5.76. The molecule has 0 N–H and O–H groups in total. The summed E-state index contributed by atoms with van der Waals surface area (Å²) in [5.41, 5.74) is 0.623. The third-order valence-corrected chi connectivity index (χ3v) is 2.76. The lowest BCUT2D eigenvalue weighted by Gasteiger charge is -2.17. The lowest BCUT2D eigenvalue weighted by Crippen LogP contribution is -2.06. The van der Waals surface area contributed by atoms with Crippen LogP contribution in [0.25, 0.3) is 0 Å². The van der Waals surface area contributed by atoms with Crippen LogP contribution in [0.2, 0.25) is 0 Å². The van der Waals surface area contributed by atoms with Gasteiger partial charge in [0.2, 0.25) is 5.75 Å². The van der Waals surface area contributed by atoms with Crippen molar-refractivity contribution in [3.05, 3.63) is 17.7 Å². The monoisotopic (exact) mass is 263 g/mol. The van der Waals surface area contributed by atoms with E-state index in [-0.39, 0.29) is 12.2 Å². The Balaban J connectivity index is 3.35. The van der Waals surface area contributed by atoms with Crippen LogP contribution in [0.15, 0.2) is 12.1 Å². The van der Waals surface area contributed by atoms with Gasteiger partial charge in [0, 0.05) is 12.0 Å². The molecule has 5 nitrogen and oxygen atoms in total. The number of carbonyl (C=O) groups is 1. The van der Waals surface area contributed by atoms with Gasteiger partial charge in [-0.1, -0.05) is 6.07 Å². The average molecular weight is 263 g/mol. The smallest absolute Gasteiger partial charge is 0.203 e. The lowest BCUT2D eigenvalue weighted by atomic mass is 9.94. The number of carbonyl (C=O) groups excluding carboxylic acids is 1. The van der Waals surface area contributed by atoms with E-state index in [0.717, 1.165) is 0 Å². The zero-order valence-corrected chi connectivity index (χ0v) is 11.5. The van der Waals surface area contributed by atoms with E-state index in [1.165, 1.54) is 28.3 Å². The third-order valence-electron chi connectivity index (χ3n) is 2.76. The SMILES string of the molecule is COc1ccc(C(C#N)CC(C)=O)c(OC)c1OC. The number of ether oxygens (including phenoxy) is 3. The minimum Gasteiger partial charge on any atom is -0.493 e. The molecule has 0 aliphatic heterocycles. The Morgan fingerprint density at radius 2 is 1.84 bits per heavy atom. The molecule has 1 unspecified atom stereocenters. The van der Waals surface area contributed by atoms with Gasteiger partial charge in [-0.15, -0.1) is 0 Å². The van der Waals surface area contributed by atoms with Crippen molar-refractivity contribution in [3.8, 4) is 23.3 Å². The molecule has 1 rings (SSSR count). The van der Waals surface area contributed by atoms with Gasteiger partial charge in [-0.2, -0.15) is 5.26 Å². The van der Waals surface area contributed by atoms with E-state index in [9.17, 15) is 10.1 Å². The molecular weight excluding hydrogens is 246 g/mol. The fourth-order valence-corrected chi connectivity index (χ4v) is 1.91. The fraction of sp³-hybridized carbons (Fsp3) is 0.429. The van der Waals surface area contributed by atoms with Gasteiger partial charge in [-0.25, -0.2) is 0 Å². The molecule has 0 aliphatic carbocycles. The van der Waals surface area contributed by atoms with Crippen molar-refractivity contribution in [2.75, 3.05) is 21.3 Å². The van der Waals surface area contributed by atoms with Crippen LogP contribution in [-0.4, -0.2) is 27.1 Å². The van der Waals surface area contributed by atoms with Gasteiger partial charge in [0.05, 0.1) is 33.3 Å². The zero-order valence-electron chi connectivity index (χ0n) is 11.5. The number of nitriles is 1. The van der Waals surface area contributed by atoms with Crippen LogP contribution in [-0.2, 0) is 4.79 Å². The summed E-state index contributed by atoms with van der Waals surface area (Å²) in [6.45, 7) is 1.46. The maximum absolute atomic E-state index is 11.2. The number of ketones is 1.